The highest BCUT2D eigenvalue weighted by Gasteiger charge is 2.52. The van der Waals surface area contributed by atoms with E-state index in [0.717, 1.165) is 12.0 Å². The van der Waals surface area contributed by atoms with Crippen LogP contribution in [0.4, 0.5) is 0 Å². The molecular formula is C17H22O3. The van der Waals surface area contributed by atoms with Gasteiger partial charge in [0.15, 0.2) is 0 Å². The number of carbonyl (C=O) groups excluding carboxylic acids is 2. The molecule has 0 aromatic heterocycles. The van der Waals surface area contributed by atoms with Gasteiger partial charge in [0, 0.05) is 0 Å². The number of cyclic esters (lactones) is 2. The van der Waals surface area contributed by atoms with E-state index in [1.807, 2.05) is 58.0 Å². The monoisotopic (exact) mass is 274 g/mol. The Balaban J connectivity index is 2.41. The maximum absolute atomic E-state index is 12.2. The fraction of sp³-hybridized carbons (Fsp3) is 0.529. The summed E-state index contributed by atoms with van der Waals surface area (Å²) < 4.78 is 4.94. The van der Waals surface area contributed by atoms with E-state index < -0.39 is 0 Å². The summed E-state index contributed by atoms with van der Waals surface area (Å²) in [5, 5.41) is 0. The Labute approximate surface area is 120 Å². The van der Waals surface area contributed by atoms with Gasteiger partial charge in [-0.05, 0) is 23.3 Å². The van der Waals surface area contributed by atoms with Crippen LogP contribution in [0.15, 0.2) is 30.3 Å². The molecule has 0 spiro atoms. The summed E-state index contributed by atoms with van der Waals surface area (Å²) in [7, 11) is 0. The lowest BCUT2D eigenvalue weighted by Crippen LogP contribution is -2.34. The smallest absolute Gasteiger partial charge is 0.318 e. The van der Waals surface area contributed by atoms with Gasteiger partial charge in [0.25, 0.3) is 0 Å². The lowest BCUT2D eigenvalue weighted by atomic mass is 9.68. The number of hydrogen-bond donors (Lipinski definition) is 0. The molecule has 0 saturated carbocycles. The highest BCUT2D eigenvalue weighted by atomic mass is 16.6. The molecule has 1 fully saturated rings. The molecule has 108 valence electrons. The van der Waals surface area contributed by atoms with Crippen molar-refractivity contribution >= 4 is 11.9 Å². The van der Waals surface area contributed by atoms with Crippen molar-refractivity contribution in [2.75, 3.05) is 0 Å². The van der Waals surface area contributed by atoms with Crippen LogP contribution in [0.1, 0.15) is 45.6 Å². The third-order valence-corrected chi connectivity index (χ3v) is 4.12. The van der Waals surface area contributed by atoms with Gasteiger partial charge in [0.2, 0.25) is 0 Å². The molecule has 0 bridgehead atoms. The zero-order valence-electron chi connectivity index (χ0n) is 12.6. The molecule has 1 aromatic carbocycles. The van der Waals surface area contributed by atoms with E-state index in [9.17, 15) is 9.59 Å². The second-order valence-electron chi connectivity index (χ2n) is 6.54. The second-order valence-corrected chi connectivity index (χ2v) is 6.54. The van der Waals surface area contributed by atoms with Gasteiger partial charge in [-0.3, -0.25) is 9.59 Å². The van der Waals surface area contributed by atoms with Crippen molar-refractivity contribution in [1.29, 1.82) is 0 Å². The topological polar surface area (TPSA) is 43.4 Å². The molecule has 20 heavy (non-hydrogen) atoms. The van der Waals surface area contributed by atoms with E-state index in [0.29, 0.717) is 0 Å². The fourth-order valence-corrected chi connectivity index (χ4v) is 3.20. The first-order valence-electron chi connectivity index (χ1n) is 7.16. The number of ether oxygens (including phenoxy) is 1. The number of esters is 2. The minimum atomic E-state index is -0.380. The Morgan fingerprint density at radius 2 is 1.70 bits per heavy atom. The number of benzene rings is 1. The minimum Gasteiger partial charge on any atom is -0.393 e. The summed E-state index contributed by atoms with van der Waals surface area (Å²) in [6, 6.07) is 9.92. The summed E-state index contributed by atoms with van der Waals surface area (Å²) in [6.45, 7) is 8.01. The highest BCUT2D eigenvalue weighted by molar-refractivity contribution is 5.97. The maximum atomic E-state index is 12.2. The van der Waals surface area contributed by atoms with E-state index >= 15 is 0 Å². The van der Waals surface area contributed by atoms with Gasteiger partial charge >= 0.3 is 11.9 Å². The molecule has 3 unspecified atom stereocenters. The molecule has 1 saturated heterocycles. The van der Waals surface area contributed by atoms with Crippen molar-refractivity contribution in [2.45, 2.75) is 40.0 Å². The van der Waals surface area contributed by atoms with Crippen molar-refractivity contribution < 1.29 is 14.3 Å². The maximum Gasteiger partial charge on any atom is 0.318 e. The second kappa shape index (κ2) is 5.39. The summed E-state index contributed by atoms with van der Waals surface area (Å²) in [5.74, 6) is -1.47. The number of hydrogen-bond acceptors (Lipinski definition) is 3. The Kier molecular flexibility index (Phi) is 3.98. The van der Waals surface area contributed by atoms with Crippen LogP contribution in [-0.4, -0.2) is 11.9 Å². The molecule has 3 atom stereocenters. The normalized spacial score (nSPS) is 24.6. The zero-order chi connectivity index (χ0) is 14.9. The van der Waals surface area contributed by atoms with Crippen molar-refractivity contribution in [1.82, 2.24) is 0 Å². The Morgan fingerprint density at radius 3 is 2.20 bits per heavy atom. The predicted molar refractivity (Wildman–Crippen MR) is 77.0 cm³/mol. The lowest BCUT2D eigenvalue weighted by Gasteiger charge is -2.31. The molecular weight excluding hydrogens is 252 g/mol. The van der Waals surface area contributed by atoms with Gasteiger partial charge in [-0.15, -0.1) is 0 Å². The number of carbonyl (C=O) groups is 2. The van der Waals surface area contributed by atoms with Crippen LogP contribution in [0.5, 0.6) is 0 Å². The summed E-state index contributed by atoms with van der Waals surface area (Å²) in [6.07, 6.45) is 0.809. The van der Waals surface area contributed by atoms with E-state index in [2.05, 4.69) is 0 Å². The van der Waals surface area contributed by atoms with Crippen LogP contribution < -0.4 is 0 Å². The van der Waals surface area contributed by atoms with Crippen LogP contribution in [0, 0.1) is 17.3 Å². The quantitative estimate of drug-likeness (QED) is 0.625. The van der Waals surface area contributed by atoms with Crippen LogP contribution in [0.3, 0.4) is 0 Å². The van der Waals surface area contributed by atoms with Gasteiger partial charge in [-0.1, -0.05) is 58.0 Å². The highest BCUT2D eigenvalue weighted by Crippen LogP contribution is 2.45. The first-order valence-corrected chi connectivity index (χ1v) is 7.16. The van der Waals surface area contributed by atoms with Gasteiger partial charge in [-0.25, -0.2) is 0 Å². The molecule has 1 aromatic rings. The standard InChI is InChI=1S/C17H22O3/c1-5-12(11-9-7-6-8-10-11)13-14(17(2,3)4)16(19)20-15(13)18/h6-10,12-14H,5H2,1-4H3. The SMILES string of the molecule is CCC(c1ccccc1)C1C(=O)OC(=O)C1C(C)(C)C. The van der Waals surface area contributed by atoms with Crippen LogP contribution >= 0.6 is 0 Å². The molecule has 1 aliphatic rings. The minimum absolute atomic E-state index is 0.0272. The van der Waals surface area contributed by atoms with Crippen LogP contribution in [0.2, 0.25) is 0 Å². The first-order chi connectivity index (χ1) is 9.36. The molecule has 0 radical (unpaired) electrons. The van der Waals surface area contributed by atoms with E-state index in [-0.39, 0.29) is 35.1 Å². The first kappa shape index (κ1) is 14.8. The third kappa shape index (κ3) is 2.62. The van der Waals surface area contributed by atoms with Crippen molar-refractivity contribution in [3.63, 3.8) is 0 Å². The molecule has 0 aliphatic carbocycles. The molecule has 3 heteroatoms. The third-order valence-electron chi connectivity index (χ3n) is 4.12. The Bertz CT molecular complexity index is 499. The van der Waals surface area contributed by atoms with Crippen LogP contribution in [-0.2, 0) is 14.3 Å². The Morgan fingerprint density at radius 1 is 1.10 bits per heavy atom. The molecule has 0 amide bonds. The Hall–Kier alpha value is -1.64. The molecule has 1 heterocycles. The zero-order valence-corrected chi connectivity index (χ0v) is 12.6. The fourth-order valence-electron chi connectivity index (χ4n) is 3.20. The van der Waals surface area contributed by atoms with Crippen molar-refractivity contribution in [3.05, 3.63) is 35.9 Å². The van der Waals surface area contributed by atoms with E-state index in [1.165, 1.54) is 0 Å². The summed E-state index contributed by atoms with van der Waals surface area (Å²) >= 11 is 0. The lowest BCUT2D eigenvalue weighted by molar-refractivity contribution is -0.154. The largest absolute Gasteiger partial charge is 0.393 e. The summed E-state index contributed by atoms with van der Waals surface area (Å²) in [5.41, 5.74) is 0.816. The average Bonchev–Trinajstić information content (AvgIpc) is 2.67. The molecule has 3 nitrogen and oxygen atoms in total. The van der Waals surface area contributed by atoms with Crippen molar-refractivity contribution in [3.8, 4) is 0 Å². The van der Waals surface area contributed by atoms with Crippen LogP contribution in [0.25, 0.3) is 0 Å². The van der Waals surface area contributed by atoms with Gasteiger partial charge in [-0.2, -0.15) is 0 Å². The van der Waals surface area contributed by atoms with E-state index in [4.69, 9.17) is 4.74 Å². The van der Waals surface area contributed by atoms with Gasteiger partial charge < -0.3 is 4.74 Å². The van der Waals surface area contributed by atoms with Crippen molar-refractivity contribution in [2.24, 2.45) is 17.3 Å². The average molecular weight is 274 g/mol. The molecule has 2 rings (SSSR count). The molecule has 0 N–H and O–H groups in total. The van der Waals surface area contributed by atoms with Gasteiger partial charge in [0.1, 0.15) is 0 Å². The van der Waals surface area contributed by atoms with Gasteiger partial charge in [0.05, 0.1) is 11.8 Å². The summed E-state index contributed by atoms with van der Waals surface area (Å²) in [4.78, 5) is 24.2. The predicted octanol–water partition coefficient (Wildman–Crippen LogP) is 3.54. The molecule has 1 aliphatic heterocycles. The number of rotatable bonds is 3. The van der Waals surface area contributed by atoms with E-state index in [1.54, 1.807) is 0 Å².